The zero-order valence-corrected chi connectivity index (χ0v) is 9.30. The Hall–Kier alpha value is -1.02. The molecule has 0 atom stereocenters. The Bertz CT molecular complexity index is 345. The van der Waals surface area contributed by atoms with Crippen molar-refractivity contribution in [3.8, 4) is 0 Å². The van der Waals surface area contributed by atoms with Crippen molar-refractivity contribution in [1.82, 2.24) is 4.98 Å². The molecule has 0 unspecified atom stereocenters. The quantitative estimate of drug-likeness (QED) is 0.779. The zero-order chi connectivity index (χ0) is 10.6. The summed E-state index contributed by atoms with van der Waals surface area (Å²) in [5.41, 5.74) is 9.04. The average Bonchev–Trinajstić information content (AvgIpc) is 2.18. The summed E-state index contributed by atoms with van der Waals surface area (Å²) in [6.45, 7) is 4.03. The Morgan fingerprint density at radius 1 is 1.64 bits per heavy atom. The summed E-state index contributed by atoms with van der Waals surface area (Å²) in [7, 11) is 0. The van der Waals surface area contributed by atoms with Crippen molar-refractivity contribution in [1.29, 1.82) is 0 Å². The molecule has 0 radical (unpaired) electrons. The summed E-state index contributed by atoms with van der Waals surface area (Å²) in [4.78, 5) is 4.11. The minimum Gasteiger partial charge on any atom is -0.383 e. The summed E-state index contributed by atoms with van der Waals surface area (Å²) in [5, 5.41) is 0. The van der Waals surface area contributed by atoms with Crippen LogP contribution in [0.5, 0.6) is 0 Å². The number of rotatable bonds is 3. The fourth-order valence-corrected chi connectivity index (χ4v) is 1.39. The number of anilines is 1. The Balaban J connectivity index is 2.99. The lowest BCUT2D eigenvalue weighted by Crippen LogP contribution is -1.96. The summed E-state index contributed by atoms with van der Waals surface area (Å²) < 4.78 is 0. The third-order valence-corrected chi connectivity index (χ3v) is 2.26. The van der Waals surface area contributed by atoms with E-state index in [9.17, 15) is 0 Å². The Morgan fingerprint density at radius 2 is 2.36 bits per heavy atom. The van der Waals surface area contributed by atoms with Gasteiger partial charge in [0.05, 0.1) is 0 Å². The van der Waals surface area contributed by atoms with Crippen LogP contribution >= 0.6 is 11.6 Å². The predicted molar refractivity (Wildman–Crippen MR) is 62.4 cm³/mol. The second kappa shape index (κ2) is 5.01. The molecule has 1 heterocycles. The number of hydrogen-bond donors (Lipinski definition) is 1. The highest BCUT2D eigenvalue weighted by Gasteiger charge is 2.02. The van der Waals surface area contributed by atoms with Crippen molar-refractivity contribution in [2.45, 2.75) is 20.3 Å². The van der Waals surface area contributed by atoms with E-state index in [1.165, 1.54) is 0 Å². The van der Waals surface area contributed by atoms with Gasteiger partial charge in [-0.3, -0.25) is 0 Å². The van der Waals surface area contributed by atoms with Crippen LogP contribution in [0.4, 0.5) is 5.82 Å². The second-order valence-corrected chi connectivity index (χ2v) is 3.69. The number of hydrogen-bond acceptors (Lipinski definition) is 2. The Morgan fingerprint density at radius 3 is 3.00 bits per heavy atom. The van der Waals surface area contributed by atoms with Gasteiger partial charge in [-0.25, -0.2) is 4.98 Å². The highest BCUT2D eigenvalue weighted by atomic mass is 35.5. The smallest absolute Gasteiger partial charge is 0.130 e. The van der Waals surface area contributed by atoms with Crippen molar-refractivity contribution in [3.05, 3.63) is 29.5 Å². The molecule has 0 bridgehead atoms. The number of aryl methyl sites for hydroxylation is 1. The van der Waals surface area contributed by atoms with Crippen LogP contribution in [0.15, 0.2) is 18.3 Å². The maximum atomic E-state index is 5.78. The lowest BCUT2D eigenvalue weighted by molar-refractivity contribution is 1.22. The highest BCUT2D eigenvalue weighted by Crippen LogP contribution is 2.20. The third kappa shape index (κ3) is 2.74. The molecule has 1 rings (SSSR count). The fraction of sp³-hybridized carbons (Fsp3) is 0.364. The van der Waals surface area contributed by atoms with Crippen molar-refractivity contribution >= 4 is 23.0 Å². The first-order valence-electron chi connectivity index (χ1n) is 4.60. The van der Waals surface area contributed by atoms with E-state index in [0.717, 1.165) is 23.1 Å². The SMILES string of the molecule is CC(=CCCCl)c1cc(C)cnc1N. The number of pyridine rings is 1. The number of alkyl halides is 1. The van der Waals surface area contributed by atoms with Crippen LogP contribution in [0.3, 0.4) is 0 Å². The molecule has 0 aliphatic carbocycles. The van der Waals surface area contributed by atoms with Crippen molar-refractivity contribution in [2.75, 3.05) is 11.6 Å². The molecule has 0 spiro atoms. The van der Waals surface area contributed by atoms with Gasteiger partial charge in [0.1, 0.15) is 5.82 Å². The Kier molecular flexibility index (Phi) is 3.96. The summed E-state index contributed by atoms with van der Waals surface area (Å²) in [5.74, 6) is 1.22. The summed E-state index contributed by atoms with van der Waals surface area (Å²) in [6.07, 6.45) is 4.72. The monoisotopic (exact) mass is 210 g/mol. The fourth-order valence-electron chi connectivity index (χ4n) is 1.28. The van der Waals surface area contributed by atoms with Crippen LogP contribution in [0.2, 0.25) is 0 Å². The van der Waals surface area contributed by atoms with E-state index in [4.69, 9.17) is 17.3 Å². The minimum absolute atomic E-state index is 0.582. The summed E-state index contributed by atoms with van der Waals surface area (Å²) in [6, 6.07) is 2.04. The highest BCUT2D eigenvalue weighted by molar-refractivity contribution is 6.17. The molecular weight excluding hydrogens is 196 g/mol. The van der Waals surface area contributed by atoms with Crippen LogP contribution in [-0.2, 0) is 0 Å². The first-order chi connectivity index (χ1) is 6.65. The molecule has 2 N–H and O–H groups in total. The van der Waals surface area contributed by atoms with Gasteiger partial charge in [-0.05, 0) is 37.5 Å². The number of aromatic nitrogens is 1. The van der Waals surface area contributed by atoms with Gasteiger partial charge in [0, 0.05) is 17.6 Å². The van der Waals surface area contributed by atoms with Crippen LogP contribution in [0, 0.1) is 6.92 Å². The van der Waals surface area contributed by atoms with E-state index in [2.05, 4.69) is 11.1 Å². The molecule has 1 aromatic rings. The molecule has 0 saturated heterocycles. The van der Waals surface area contributed by atoms with Gasteiger partial charge in [-0.1, -0.05) is 6.08 Å². The van der Waals surface area contributed by atoms with Gasteiger partial charge in [-0.2, -0.15) is 0 Å². The van der Waals surface area contributed by atoms with Gasteiger partial charge in [0.15, 0.2) is 0 Å². The van der Waals surface area contributed by atoms with Crippen LogP contribution in [0.25, 0.3) is 5.57 Å². The topological polar surface area (TPSA) is 38.9 Å². The van der Waals surface area contributed by atoms with Gasteiger partial charge >= 0.3 is 0 Å². The predicted octanol–water partition coefficient (Wildman–Crippen LogP) is 3.00. The number of nitrogen functional groups attached to an aromatic ring is 1. The maximum absolute atomic E-state index is 5.78. The largest absolute Gasteiger partial charge is 0.383 e. The molecule has 3 heteroatoms. The Labute approximate surface area is 89.8 Å². The lowest BCUT2D eigenvalue weighted by Gasteiger charge is -2.05. The summed E-state index contributed by atoms with van der Waals surface area (Å²) >= 11 is 5.61. The van der Waals surface area contributed by atoms with Gasteiger partial charge in [0.25, 0.3) is 0 Å². The molecular formula is C11H15ClN2. The van der Waals surface area contributed by atoms with Gasteiger partial charge in [-0.15, -0.1) is 11.6 Å². The van der Waals surface area contributed by atoms with Gasteiger partial charge in [0.2, 0.25) is 0 Å². The number of halogens is 1. The lowest BCUT2D eigenvalue weighted by atomic mass is 10.1. The molecule has 76 valence electrons. The van der Waals surface area contributed by atoms with Gasteiger partial charge < -0.3 is 5.73 Å². The first kappa shape index (κ1) is 11.1. The first-order valence-corrected chi connectivity index (χ1v) is 5.14. The molecule has 0 amide bonds. The van der Waals surface area contributed by atoms with Crippen LogP contribution in [0.1, 0.15) is 24.5 Å². The van der Waals surface area contributed by atoms with Crippen molar-refractivity contribution < 1.29 is 0 Å². The number of allylic oxidation sites excluding steroid dienone is 2. The molecule has 0 aliphatic rings. The number of nitrogens with zero attached hydrogens (tertiary/aromatic N) is 1. The van der Waals surface area contributed by atoms with Crippen LogP contribution < -0.4 is 5.73 Å². The molecule has 0 aliphatic heterocycles. The third-order valence-electron chi connectivity index (χ3n) is 2.04. The van der Waals surface area contributed by atoms with E-state index < -0.39 is 0 Å². The van der Waals surface area contributed by atoms with Crippen molar-refractivity contribution in [3.63, 3.8) is 0 Å². The normalized spacial score (nSPS) is 11.8. The molecule has 14 heavy (non-hydrogen) atoms. The van der Waals surface area contributed by atoms with E-state index in [-0.39, 0.29) is 0 Å². The second-order valence-electron chi connectivity index (χ2n) is 3.31. The molecule has 0 aromatic carbocycles. The zero-order valence-electron chi connectivity index (χ0n) is 8.55. The van der Waals surface area contributed by atoms with Crippen LogP contribution in [-0.4, -0.2) is 10.9 Å². The average molecular weight is 211 g/mol. The minimum atomic E-state index is 0.582. The molecule has 0 saturated carbocycles. The standard InChI is InChI=1S/C11H15ClN2/c1-8-6-10(11(13)14-7-8)9(2)4-3-5-12/h4,6-7H,3,5H2,1-2H3,(H2,13,14). The number of nitrogens with two attached hydrogens (primary N) is 1. The van der Waals surface area contributed by atoms with E-state index in [1.807, 2.05) is 19.9 Å². The molecule has 2 nitrogen and oxygen atoms in total. The molecule has 1 aromatic heterocycles. The van der Waals surface area contributed by atoms with E-state index in [0.29, 0.717) is 11.7 Å². The molecule has 0 fully saturated rings. The van der Waals surface area contributed by atoms with E-state index >= 15 is 0 Å². The maximum Gasteiger partial charge on any atom is 0.130 e. The van der Waals surface area contributed by atoms with Crippen molar-refractivity contribution in [2.24, 2.45) is 0 Å². The van der Waals surface area contributed by atoms with E-state index in [1.54, 1.807) is 6.20 Å².